The third kappa shape index (κ3) is 2.80. The van der Waals surface area contributed by atoms with E-state index in [1.807, 2.05) is 0 Å². The Hall–Kier alpha value is -2.27. The topological polar surface area (TPSA) is 161 Å². The Morgan fingerprint density at radius 2 is 2.33 bits per heavy atom. The lowest BCUT2D eigenvalue weighted by atomic mass is 9.99. The zero-order valence-electron chi connectivity index (χ0n) is 12.9. The molecule has 1 amide bonds. The SMILES string of the molecule is C=C1NC(N)N=CC1c1c(C(N)=O)ncn1[C@H]1CC(O)[C@@H](CO)O1. The van der Waals surface area contributed by atoms with E-state index in [9.17, 15) is 15.0 Å². The van der Waals surface area contributed by atoms with E-state index in [4.69, 9.17) is 16.2 Å². The van der Waals surface area contributed by atoms with Crippen LogP contribution in [0.5, 0.6) is 0 Å². The van der Waals surface area contributed by atoms with Crippen LogP contribution in [0.3, 0.4) is 0 Å². The van der Waals surface area contributed by atoms with E-state index < -0.39 is 36.6 Å². The van der Waals surface area contributed by atoms with Crippen LogP contribution in [0.2, 0.25) is 0 Å². The molecule has 130 valence electrons. The largest absolute Gasteiger partial charge is 0.394 e. The lowest BCUT2D eigenvalue weighted by molar-refractivity contribution is -0.0451. The number of ether oxygens (including phenoxy) is 1. The van der Waals surface area contributed by atoms with Crippen molar-refractivity contribution in [2.24, 2.45) is 16.5 Å². The average molecular weight is 336 g/mol. The van der Waals surface area contributed by atoms with Gasteiger partial charge >= 0.3 is 0 Å². The fraction of sp³-hybridized carbons (Fsp3) is 0.500. The van der Waals surface area contributed by atoms with Crippen LogP contribution in [0, 0.1) is 0 Å². The third-order valence-corrected chi connectivity index (χ3v) is 4.16. The molecule has 1 saturated heterocycles. The van der Waals surface area contributed by atoms with E-state index >= 15 is 0 Å². The van der Waals surface area contributed by atoms with E-state index in [1.165, 1.54) is 6.33 Å². The normalized spacial score (nSPS) is 32.8. The molecular formula is C14H20N6O4. The lowest BCUT2D eigenvalue weighted by Gasteiger charge is -2.27. The molecule has 3 heterocycles. The fourth-order valence-corrected chi connectivity index (χ4v) is 2.97. The molecule has 1 aromatic heterocycles. The molecule has 2 aliphatic heterocycles. The van der Waals surface area contributed by atoms with E-state index in [2.05, 4.69) is 21.9 Å². The number of hydrogen-bond donors (Lipinski definition) is 5. The van der Waals surface area contributed by atoms with Gasteiger partial charge in [-0.15, -0.1) is 0 Å². The number of allylic oxidation sites excluding steroid dienone is 1. The highest BCUT2D eigenvalue weighted by Gasteiger charge is 2.38. The maximum Gasteiger partial charge on any atom is 0.269 e. The Morgan fingerprint density at radius 1 is 1.58 bits per heavy atom. The molecule has 10 nitrogen and oxygen atoms in total. The van der Waals surface area contributed by atoms with Crippen LogP contribution >= 0.6 is 0 Å². The van der Waals surface area contributed by atoms with E-state index in [0.29, 0.717) is 11.4 Å². The quantitative estimate of drug-likeness (QED) is 0.430. The van der Waals surface area contributed by atoms with Gasteiger partial charge in [0.15, 0.2) is 6.29 Å². The van der Waals surface area contributed by atoms with Crippen molar-refractivity contribution >= 4 is 12.1 Å². The number of imidazole rings is 1. The number of rotatable bonds is 4. The molecule has 0 spiro atoms. The van der Waals surface area contributed by atoms with Gasteiger partial charge in [0.25, 0.3) is 5.91 Å². The van der Waals surface area contributed by atoms with Gasteiger partial charge in [-0.2, -0.15) is 0 Å². The zero-order valence-corrected chi connectivity index (χ0v) is 12.9. The number of amides is 1. The first-order valence-corrected chi connectivity index (χ1v) is 7.47. The van der Waals surface area contributed by atoms with Crippen molar-refractivity contribution in [2.75, 3.05) is 6.61 Å². The smallest absolute Gasteiger partial charge is 0.269 e. The van der Waals surface area contributed by atoms with Gasteiger partial charge in [-0.1, -0.05) is 6.58 Å². The number of nitrogens with one attached hydrogen (secondary N) is 1. The predicted octanol–water partition coefficient (Wildman–Crippen LogP) is -1.86. The minimum atomic E-state index is -0.818. The van der Waals surface area contributed by atoms with Crippen molar-refractivity contribution in [3.05, 3.63) is 30.0 Å². The third-order valence-electron chi connectivity index (χ3n) is 4.16. The van der Waals surface area contributed by atoms with Crippen molar-refractivity contribution in [1.82, 2.24) is 14.9 Å². The summed E-state index contributed by atoms with van der Waals surface area (Å²) in [5.41, 5.74) is 12.2. The van der Waals surface area contributed by atoms with Gasteiger partial charge in [0.2, 0.25) is 0 Å². The standard InChI is InChI=1S/C14H20N6O4/c1-6-7(3-17-14(16)19-6)12-11(13(15)23)18-5-20(12)10-2-8(22)9(4-21)24-10/h3,5,7-10,14,19,21-22H,1-2,4,16H2,(H2,15,23)/t7?,8?,9-,10-,14?/m1/s1. The van der Waals surface area contributed by atoms with Gasteiger partial charge in [-0.25, -0.2) is 4.98 Å². The van der Waals surface area contributed by atoms with E-state index in [1.54, 1.807) is 10.8 Å². The Kier molecular flexibility index (Phi) is 4.37. The second-order valence-corrected chi connectivity index (χ2v) is 5.75. The van der Waals surface area contributed by atoms with Gasteiger partial charge < -0.3 is 30.6 Å². The highest BCUT2D eigenvalue weighted by molar-refractivity contribution is 5.93. The molecule has 7 N–H and O–H groups in total. The predicted molar refractivity (Wildman–Crippen MR) is 83.8 cm³/mol. The Bertz CT molecular complexity index is 687. The zero-order chi connectivity index (χ0) is 17.4. The molecule has 3 unspecified atom stereocenters. The monoisotopic (exact) mass is 336 g/mol. The number of carbonyl (C=O) groups excluding carboxylic acids is 1. The Morgan fingerprint density at radius 3 is 2.92 bits per heavy atom. The van der Waals surface area contributed by atoms with Crippen LogP contribution in [-0.4, -0.2) is 57.0 Å². The number of aliphatic hydroxyl groups excluding tert-OH is 2. The molecule has 10 heteroatoms. The molecule has 3 rings (SSSR count). The number of hydrogen-bond acceptors (Lipinski definition) is 8. The molecule has 2 aliphatic rings. The Labute approximate surface area is 137 Å². The van der Waals surface area contributed by atoms with Crippen molar-refractivity contribution in [1.29, 1.82) is 0 Å². The van der Waals surface area contributed by atoms with Crippen LogP contribution in [0.25, 0.3) is 0 Å². The summed E-state index contributed by atoms with van der Waals surface area (Å²) in [4.78, 5) is 19.9. The summed E-state index contributed by atoms with van der Waals surface area (Å²) in [5, 5.41) is 22.1. The summed E-state index contributed by atoms with van der Waals surface area (Å²) in [6, 6.07) is 0. The van der Waals surface area contributed by atoms with E-state index in [-0.39, 0.29) is 18.7 Å². The first kappa shape index (κ1) is 16.6. The van der Waals surface area contributed by atoms with Crippen LogP contribution < -0.4 is 16.8 Å². The molecule has 1 fully saturated rings. The number of nitrogens with zero attached hydrogens (tertiary/aromatic N) is 3. The van der Waals surface area contributed by atoms with Crippen molar-refractivity contribution < 1.29 is 19.7 Å². The minimum Gasteiger partial charge on any atom is -0.394 e. The minimum absolute atomic E-state index is 0.0652. The number of aromatic nitrogens is 2. The average Bonchev–Trinajstić information content (AvgIpc) is 3.10. The van der Waals surface area contributed by atoms with E-state index in [0.717, 1.165) is 0 Å². The first-order chi connectivity index (χ1) is 11.4. The van der Waals surface area contributed by atoms with Crippen molar-refractivity contribution in [2.45, 2.75) is 37.1 Å². The molecule has 0 bridgehead atoms. The number of nitrogens with two attached hydrogens (primary N) is 2. The summed E-state index contributed by atoms with van der Waals surface area (Å²) in [5.74, 6) is -1.18. The molecule has 0 aliphatic carbocycles. The number of carbonyl (C=O) groups is 1. The van der Waals surface area contributed by atoms with Gasteiger partial charge in [0, 0.05) is 18.3 Å². The lowest BCUT2D eigenvalue weighted by Crippen LogP contribution is -2.41. The molecule has 0 radical (unpaired) electrons. The van der Waals surface area contributed by atoms with Gasteiger partial charge in [0.05, 0.1) is 30.7 Å². The summed E-state index contributed by atoms with van der Waals surface area (Å²) in [7, 11) is 0. The molecule has 1 aromatic rings. The van der Waals surface area contributed by atoms with Gasteiger partial charge in [-0.05, 0) is 0 Å². The highest BCUT2D eigenvalue weighted by Crippen LogP contribution is 2.34. The second kappa shape index (κ2) is 6.32. The van der Waals surface area contributed by atoms with Crippen LogP contribution in [0.15, 0.2) is 23.6 Å². The molecule has 24 heavy (non-hydrogen) atoms. The summed E-state index contributed by atoms with van der Waals surface area (Å²) in [6.07, 6.45) is 0.519. The van der Waals surface area contributed by atoms with Gasteiger partial charge in [-0.3, -0.25) is 15.5 Å². The van der Waals surface area contributed by atoms with Crippen molar-refractivity contribution in [3.8, 4) is 0 Å². The molecule has 0 aromatic carbocycles. The number of aliphatic imine (C=N–C) groups is 1. The fourth-order valence-electron chi connectivity index (χ4n) is 2.97. The van der Waals surface area contributed by atoms with Gasteiger partial charge in [0.1, 0.15) is 18.0 Å². The molecule has 0 saturated carbocycles. The molecule has 5 atom stereocenters. The summed E-state index contributed by atoms with van der Waals surface area (Å²) >= 11 is 0. The molecular weight excluding hydrogens is 316 g/mol. The van der Waals surface area contributed by atoms with Crippen molar-refractivity contribution in [3.63, 3.8) is 0 Å². The summed E-state index contributed by atoms with van der Waals surface area (Å²) in [6.45, 7) is 3.60. The van der Waals surface area contributed by atoms with Crippen LogP contribution in [0.1, 0.15) is 34.7 Å². The maximum atomic E-state index is 11.7. The van der Waals surface area contributed by atoms with Crippen LogP contribution in [0.4, 0.5) is 0 Å². The second-order valence-electron chi connectivity index (χ2n) is 5.75. The summed E-state index contributed by atoms with van der Waals surface area (Å²) < 4.78 is 7.25. The number of aliphatic hydroxyl groups is 2. The highest BCUT2D eigenvalue weighted by atomic mass is 16.5. The van der Waals surface area contributed by atoms with Crippen LogP contribution in [-0.2, 0) is 4.74 Å². The maximum absolute atomic E-state index is 11.7. The number of primary amides is 1. The Balaban J connectivity index is 2.01. The first-order valence-electron chi connectivity index (χ1n) is 7.47.